The zero-order chi connectivity index (χ0) is 17.4. The van der Waals surface area contributed by atoms with Crippen molar-refractivity contribution in [2.24, 2.45) is 5.92 Å². The summed E-state index contributed by atoms with van der Waals surface area (Å²) in [7, 11) is 0. The molecule has 5 heteroatoms. The van der Waals surface area contributed by atoms with Gasteiger partial charge in [-0.1, -0.05) is 44.2 Å². The number of hydrogen-bond donors (Lipinski definition) is 2. The first kappa shape index (κ1) is 15.4. The Morgan fingerprint density at radius 3 is 2.64 bits per heavy atom. The van der Waals surface area contributed by atoms with Crippen molar-refractivity contribution in [3.05, 3.63) is 66.2 Å². The molecule has 5 nitrogen and oxygen atoms in total. The number of nitrogens with one attached hydrogen (secondary N) is 2. The Labute approximate surface area is 145 Å². The van der Waals surface area contributed by atoms with Gasteiger partial charge in [0, 0.05) is 5.39 Å². The number of H-pyrrole nitrogens is 1. The Bertz CT molecular complexity index is 979. The van der Waals surface area contributed by atoms with Crippen molar-refractivity contribution in [1.82, 2.24) is 15.3 Å². The van der Waals surface area contributed by atoms with Crippen LogP contribution >= 0.6 is 0 Å². The SMILES string of the molecule is CC(C)[C@H](NC(=O)c1cc2ccccc2o1)c1nc2ccccc2[nH]1. The predicted octanol–water partition coefficient (Wildman–Crippen LogP) is 4.44. The molecule has 0 aliphatic carbocycles. The monoisotopic (exact) mass is 333 g/mol. The van der Waals surface area contributed by atoms with Crippen molar-refractivity contribution in [1.29, 1.82) is 0 Å². The van der Waals surface area contributed by atoms with Crippen molar-refractivity contribution < 1.29 is 9.21 Å². The third-order valence-corrected chi connectivity index (χ3v) is 4.30. The fraction of sp³-hybridized carbons (Fsp3) is 0.200. The van der Waals surface area contributed by atoms with Crippen LogP contribution in [0, 0.1) is 5.92 Å². The molecular weight excluding hydrogens is 314 g/mol. The number of benzene rings is 2. The summed E-state index contributed by atoms with van der Waals surface area (Å²) >= 11 is 0. The molecule has 25 heavy (non-hydrogen) atoms. The van der Waals surface area contributed by atoms with Gasteiger partial charge in [0.05, 0.1) is 17.1 Å². The minimum absolute atomic E-state index is 0.175. The Kier molecular flexibility index (Phi) is 3.76. The molecule has 0 spiro atoms. The highest BCUT2D eigenvalue weighted by molar-refractivity contribution is 5.96. The van der Waals surface area contributed by atoms with E-state index in [1.807, 2.05) is 48.5 Å². The molecule has 4 aromatic rings. The van der Waals surface area contributed by atoms with E-state index in [1.165, 1.54) is 0 Å². The van der Waals surface area contributed by atoms with Crippen LogP contribution in [0.5, 0.6) is 0 Å². The van der Waals surface area contributed by atoms with E-state index in [2.05, 4.69) is 29.1 Å². The van der Waals surface area contributed by atoms with E-state index in [9.17, 15) is 4.79 Å². The lowest BCUT2D eigenvalue weighted by atomic mass is 10.0. The number of carbonyl (C=O) groups excluding carboxylic acids is 1. The van der Waals surface area contributed by atoms with Gasteiger partial charge < -0.3 is 14.7 Å². The molecule has 0 saturated carbocycles. The number of nitrogens with zero attached hydrogens (tertiary/aromatic N) is 1. The number of rotatable bonds is 4. The number of fused-ring (bicyclic) bond motifs is 2. The topological polar surface area (TPSA) is 70.9 Å². The first-order chi connectivity index (χ1) is 12.1. The van der Waals surface area contributed by atoms with Gasteiger partial charge in [0.15, 0.2) is 5.76 Å². The quantitative estimate of drug-likeness (QED) is 0.580. The summed E-state index contributed by atoms with van der Waals surface area (Å²) in [6.45, 7) is 4.10. The summed E-state index contributed by atoms with van der Waals surface area (Å²) in [6, 6.07) is 17.0. The van der Waals surface area contributed by atoms with Gasteiger partial charge in [-0.05, 0) is 30.2 Å². The second-order valence-electron chi connectivity index (χ2n) is 6.48. The second-order valence-corrected chi connectivity index (χ2v) is 6.48. The molecule has 0 radical (unpaired) electrons. The summed E-state index contributed by atoms with van der Waals surface area (Å²) < 4.78 is 5.66. The van der Waals surface area contributed by atoms with E-state index in [1.54, 1.807) is 6.07 Å². The Hall–Kier alpha value is -3.08. The summed E-state index contributed by atoms with van der Waals surface area (Å²) in [5, 5.41) is 3.96. The average Bonchev–Trinajstić information content (AvgIpc) is 3.22. The van der Waals surface area contributed by atoms with Crippen LogP contribution in [-0.4, -0.2) is 15.9 Å². The molecular formula is C20H19N3O2. The molecule has 0 bridgehead atoms. The molecule has 2 aromatic carbocycles. The van der Waals surface area contributed by atoms with Crippen LogP contribution in [0.1, 0.15) is 36.3 Å². The van der Waals surface area contributed by atoms with Gasteiger partial charge in [0.2, 0.25) is 0 Å². The van der Waals surface area contributed by atoms with Crippen molar-refractivity contribution in [3.8, 4) is 0 Å². The van der Waals surface area contributed by atoms with Crippen LogP contribution < -0.4 is 5.32 Å². The minimum Gasteiger partial charge on any atom is -0.451 e. The number of aromatic amines is 1. The largest absolute Gasteiger partial charge is 0.451 e. The van der Waals surface area contributed by atoms with E-state index in [4.69, 9.17) is 4.42 Å². The van der Waals surface area contributed by atoms with Gasteiger partial charge >= 0.3 is 0 Å². The highest BCUT2D eigenvalue weighted by Gasteiger charge is 2.24. The van der Waals surface area contributed by atoms with Crippen LogP contribution in [0.3, 0.4) is 0 Å². The average molecular weight is 333 g/mol. The molecule has 2 N–H and O–H groups in total. The van der Waals surface area contributed by atoms with Crippen molar-refractivity contribution in [2.45, 2.75) is 19.9 Å². The lowest BCUT2D eigenvalue weighted by molar-refractivity contribution is 0.0897. The van der Waals surface area contributed by atoms with E-state index in [0.717, 1.165) is 22.2 Å². The number of aromatic nitrogens is 2. The van der Waals surface area contributed by atoms with Gasteiger partial charge in [-0.3, -0.25) is 4.79 Å². The van der Waals surface area contributed by atoms with E-state index in [0.29, 0.717) is 11.3 Å². The summed E-state index contributed by atoms with van der Waals surface area (Å²) in [4.78, 5) is 20.6. The molecule has 2 heterocycles. The molecule has 4 rings (SSSR count). The maximum atomic E-state index is 12.7. The van der Waals surface area contributed by atoms with E-state index >= 15 is 0 Å². The van der Waals surface area contributed by atoms with E-state index in [-0.39, 0.29) is 17.9 Å². The van der Waals surface area contributed by atoms with Crippen molar-refractivity contribution in [2.75, 3.05) is 0 Å². The van der Waals surface area contributed by atoms with Crippen molar-refractivity contribution in [3.63, 3.8) is 0 Å². The van der Waals surface area contributed by atoms with Crippen LogP contribution in [0.4, 0.5) is 0 Å². The molecule has 0 saturated heterocycles. The Balaban J connectivity index is 1.63. The molecule has 0 aliphatic heterocycles. The van der Waals surface area contributed by atoms with Crippen LogP contribution in [0.15, 0.2) is 59.0 Å². The van der Waals surface area contributed by atoms with Crippen LogP contribution in [0.25, 0.3) is 22.0 Å². The Morgan fingerprint density at radius 2 is 1.88 bits per heavy atom. The number of amides is 1. The van der Waals surface area contributed by atoms with Crippen LogP contribution in [0.2, 0.25) is 0 Å². The van der Waals surface area contributed by atoms with Gasteiger partial charge in [0.25, 0.3) is 5.91 Å². The normalized spacial score (nSPS) is 12.8. The smallest absolute Gasteiger partial charge is 0.287 e. The predicted molar refractivity (Wildman–Crippen MR) is 97.4 cm³/mol. The van der Waals surface area contributed by atoms with Gasteiger partial charge in [-0.15, -0.1) is 0 Å². The fourth-order valence-electron chi connectivity index (χ4n) is 2.98. The number of para-hydroxylation sites is 3. The zero-order valence-corrected chi connectivity index (χ0v) is 14.1. The summed E-state index contributed by atoms with van der Waals surface area (Å²) in [5.41, 5.74) is 2.56. The standard InChI is InChI=1S/C20H19N3O2/c1-12(2)18(19-21-14-8-4-5-9-15(14)22-19)23-20(24)17-11-13-7-3-6-10-16(13)25-17/h3-12,18H,1-2H3,(H,21,22)(H,23,24)/t18-/m0/s1. The molecule has 0 fully saturated rings. The third-order valence-electron chi connectivity index (χ3n) is 4.30. The van der Waals surface area contributed by atoms with Gasteiger partial charge in [-0.25, -0.2) is 4.98 Å². The summed E-state index contributed by atoms with van der Waals surface area (Å²) in [6.07, 6.45) is 0. The molecule has 0 unspecified atom stereocenters. The first-order valence-electron chi connectivity index (χ1n) is 8.36. The summed E-state index contributed by atoms with van der Waals surface area (Å²) in [5.74, 6) is 0.993. The number of imidazole rings is 1. The number of carbonyl (C=O) groups is 1. The Morgan fingerprint density at radius 1 is 1.12 bits per heavy atom. The van der Waals surface area contributed by atoms with Gasteiger partial charge in [0.1, 0.15) is 11.4 Å². The minimum atomic E-state index is -0.240. The zero-order valence-electron chi connectivity index (χ0n) is 14.1. The molecule has 1 atom stereocenters. The van der Waals surface area contributed by atoms with E-state index < -0.39 is 0 Å². The molecule has 2 aromatic heterocycles. The molecule has 0 aliphatic rings. The first-order valence-corrected chi connectivity index (χ1v) is 8.36. The lowest BCUT2D eigenvalue weighted by Gasteiger charge is -2.19. The number of furan rings is 1. The molecule has 126 valence electrons. The highest BCUT2D eigenvalue weighted by Crippen LogP contribution is 2.24. The maximum Gasteiger partial charge on any atom is 0.287 e. The maximum absolute atomic E-state index is 12.7. The van der Waals surface area contributed by atoms with Crippen LogP contribution in [-0.2, 0) is 0 Å². The highest BCUT2D eigenvalue weighted by atomic mass is 16.3. The lowest BCUT2D eigenvalue weighted by Crippen LogP contribution is -2.32. The third kappa shape index (κ3) is 2.89. The van der Waals surface area contributed by atoms with Crippen molar-refractivity contribution >= 4 is 27.9 Å². The molecule has 1 amide bonds. The fourth-order valence-corrected chi connectivity index (χ4v) is 2.98. The second kappa shape index (κ2) is 6.09. The number of hydrogen-bond acceptors (Lipinski definition) is 3. The van der Waals surface area contributed by atoms with Gasteiger partial charge in [-0.2, -0.15) is 0 Å².